The average Bonchev–Trinajstić information content (AvgIpc) is 3.16. The van der Waals surface area contributed by atoms with E-state index in [0.29, 0.717) is 12.3 Å². The van der Waals surface area contributed by atoms with Crippen LogP contribution in [0.4, 0.5) is 5.69 Å². The number of benzene rings is 1. The van der Waals surface area contributed by atoms with Crippen LogP contribution in [0.1, 0.15) is 29.4 Å². The van der Waals surface area contributed by atoms with E-state index in [1.807, 2.05) is 32.0 Å². The largest absolute Gasteiger partial charge is 0.416 e. The maximum Gasteiger partial charge on any atom is 0.277 e. The summed E-state index contributed by atoms with van der Waals surface area (Å²) in [5.74, 6) is 0.265. The Balaban J connectivity index is 1.55. The van der Waals surface area contributed by atoms with Gasteiger partial charge in [0.2, 0.25) is 11.8 Å². The third-order valence-electron chi connectivity index (χ3n) is 4.21. The summed E-state index contributed by atoms with van der Waals surface area (Å²) in [6.45, 7) is 3.95. The standard InChI is InChI=1S/C16H19N3O4S2/c1-10-4-3-5-13(11(10)2)17-14(20)8-24-16-19-18-15(23-16)12-6-7-25(21,22)9-12/h3-5,12H,6-9H2,1-2H3,(H,17,20)/t12-/m0/s1. The van der Waals surface area contributed by atoms with Gasteiger partial charge in [-0.05, 0) is 37.5 Å². The third-order valence-corrected chi connectivity index (χ3v) is 6.80. The summed E-state index contributed by atoms with van der Waals surface area (Å²) in [6.07, 6.45) is 0.502. The molecule has 0 saturated carbocycles. The third kappa shape index (κ3) is 4.40. The van der Waals surface area contributed by atoms with Gasteiger partial charge in [0.15, 0.2) is 9.84 Å². The molecule has 3 rings (SSSR count). The Bertz CT molecular complexity index is 893. The highest BCUT2D eigenvalue weighted by Crippen LogP contribution is 2.29. The molecule has 1 N–H and O–H groups in total. The zero-order chi connectivity index (χ0) is 18.0. The van der Waals surface area contributed by atoms with Gasteiger partial charge in [-0.3, -0.25) is 4.79 Å². The Labute approximate surface area is 150 Å². The van der Waals surface area contributed by atoms with Crippen molar-refractivity contribution in [2.24, 2.45) is 0 Å². The zero-order valence-corrected chi connectivity index (χ0v) is 15.6. The molecule has 1 aliphatic heterocycles. The Hall–Kier alpha value is -1.87. The highest BCUT2D eigenvalue weighted by Gasteiger charge is 2.32. The first-order valence-corrected chi connectivity index (χ1v) is 10.7. The number of carbonyl (C=O) groups is 1. The van der Waals surface area contributed by atoms with Gasteiger partial charge in [0.25, 0.3) is 5.22 Å². The van der Waals surface area contributed by atoms with E-state index < -0.39 is 9.84 Å². The molecule has 1 aromatic carbocycles. The van der Waals surface area contributed by atoms with Gasteiger partial charge in [0, 0.05) is 5.69 Å². The predicted molar refractivity (Wildman–Crippen MR) is 95.6 cm³/mol. The second-order valence-electron chi connectivity index (χ2n) is 6.09. The van der Waals surface area contributed by atoms with Crippen LogP contribution in [0.25, 0.3) is 0 Å². The van der Waals surface area contributed by atoms with E-state index in [1.165, 1.54) is 0 Å². The van der Waals surface area contributed by atoms with Crippen molar-refractivity contribution < 1.29 is 17.6 Å². The quantitative estimate of drug-likeness (QED) is 0.793. The monoisotopic (exact) mass is 381 g/mol. The van der Waals surface area contributed by atoms with Crippen LogP contribution in [0.3, 0.4) is 0 Å². The van der Waals surface area contributed by atoms with Gasteiger partial charge in [-0.2, -0.15) is 0 Å². The van der Waals surface area contributed by atoms with Gasteiger partial charge >= 0.3 is 0 Å². The van der Waals surface area contributed by atoms with Crippen molar-refractivity contribution in [2.75, 3.05) is 22.6 Å². The smallest absolute Gasteiger partial charge is 0.277 e. The Morgan fingerprint density at radius 3 is 2.88 bits per heavy atom. The van der Waals surface area contributed by atoms with E-state index in [-0.39, 0.29) is 34.3 Å². The van der Waals surface area contributed by atoms with Gasteiger partial charge in [-0.15, -0.1) is 10.2 Å². The molecule has 1 atom stereocenters. The van der Waals surface area contributed by atoms with Gasteiger partial charge in [0.05, 0.1) is 23.2 Å². The van der Waals surface area contributed by atoms with E-state index in [0.717, 1.165) is 28.6 Å². The highest BCUT2D eigenvalue weighted by atomic mass is 32.2. The van der Waals surface area contributed by atoms with Gasteiger partial charge in [-0.1, -0.05) is 23.9 Å². The fourth-order valence-electron chi connectivity index (χ4n) is 2.63. The second-order valence-corrected chi connectivity index (χ2v) is 9.25. The Morgan fingerprint density at radius 2 is 2.16 bits per heavy atom. The molecular weight excluding hydrogens is 362 g/mol. The number of nitrogens with zero attached hydrogens (tertiary/aromatic N) is 2. The SMILES string of the molecule is Cc1cccc(NC(=O)CSc2nnc([C@H]3CCS(=O)(=O)C3)o2)c1C. The van der Waals surface area contributed by atoms with Crippen molar-refractivity contribution in [1.82, 2.24) is 10.2 Å². The van der Waals surface area contributed by atoms with E-state index >= 15 is 0 Å². The fraction of sp³-hybridized carbons (Fsp3) is 0.438. The lowest BCUT2D eigenvalue weighted by Gasteiger charge is -2.09. The number of amides is 1. The summed E-state index contributed by atoms with van der Waals surface area (Å²) in [4.78, 5) is 12.1. The Morgan fingerprint density at radius 1 is 1.36 bits per heavy atom. The van der Waals surface area contributed by atoms with Gasteiger partial charge in [-0.25, -0.2) is 8.42 Å². The van der Waals surface area contributed by atoms with Crippen molar-refractivity contribution in [3.8, 4) is 0 Å². The number of thioether (sulfide) groups is 1. The topological polar surface area (TPSA) is 102 Å². The van der Waals surface area contributed by atoms with Crippen molar-refractivity contribution in [1.29, 1.82) is 0 Å². The number of anilines is 1. The van der Waals surface area contributed by atoms with Crippen LogP contribution >= 0.6 is 11.8 Å². The lowest BCUT2D eigenvalue weighted by molar-refractivity contribution is -0.113. The van der Waals surface area contributed by atoms with Gasteiger partial charge in [0.1, 0.15) is 0 Å². The molecule has 2 aromatic rings. The molecule has 1 saturated heterocycles. The maximum absolute atomic E-state index is 12.1. The van der Waals surface area contributed by atoms with E-state index in [2.05, 4.69) is 15.5 Å². The molecule has 7 nitrogen and oxygen atoms in total. The number of sulfone groups is 1. The molecule has 25 heavy (non-hydrogen) atoms. The number of nitrogens with one attached hydrogen (secondary N) is 1. The summed E-state index contributed by atoms with van der Waals surface area (Å²) in [6, 6.07) is 5.74. The molecule has 0 unspecified atom stereocenters. The highest BCUT2D eigenvalue weighted by molar-refractivity contribution is 7.99. The summed E-state index contributed by atoms with van der Waals surface area (Å²) in [7, 11) is -3.00. The Kier molecular flexibility index (Phi) is 5.14. The molecule has 9 heteroatoms. The van der Waals surface area contributed by atoms with Crippen molar-refractivity contribution in [3.05, 3.63) is 35.2 Å². The molecule has 0 bridgehead atoms. The number of rotatable bonds is 5. The number of aryl methyl sites for hydroxylation is 1. The first-order chi connectivity index (χ1) is 11.8. The van der Waals surface area contributed by atoms with Crippen LogP contribution in [-0.2, 0) is 14.6 Å². The number of aromatic nitrogens is 2. The summed E-state index contributed by atoms with van der Waals surface area (Å²) in [5, 5.41) is 10.9. The number of carbonyl (C=O) groups excluding carboxylic acids is 1. The van der Waals surface area contributed by atoms with Gasteiger partial charge < -0.3 is 9.73 Å². The van der Waals surface area contributed by atoms with Crippen molar-refractivity contribution in [3.63, 3.8) is 0 Å². The molecule has 0 aliphatic carbocycles. The first kappa shape index (κ1) is 17.9. The second kappa shape index (κ2) is 7.17. The molecule has 1 aromatic heterocycles. The normalized spacial score (nSPS) is 19.0. The van der Waals surface area contributed by atoms with Crippen LogP contribution in [0.5, 0.6) is 0 Å². The van der Waals surface area contributed by atoms with Crippen LogP contribution in [0.15, 0.2) is 27.8 Å². The predicted octanol–water partition coefficient (Wildman–Crippen LogP) is 2.32. The van der Waals surface area contributed by atoms with E-state index in [1.54, 1.807) is 0 Å². The zero-order valence-electron chi connectivity index (χ0n) is 14.0. The molecular formula is C16H19N3O4S2. The van der Waals surface area contributed by atoms with Crippen LogP contribution in [0.2, 0.25) is 0 Å². The molecule has 2 heterocycles. The molecule has 1 amide bonds. The van der Waals surface area contributed by atoms with Crippen LogP contribution in [0, 0.1) is 13.8 Å². The minimum absolute atomic E-state index is 0.0480. The number of hydrogen-bond acceptors (Lipinski definition) is 7. The lowest BCUT2D eigenvalue weighted by Crippen LogP contribution is -2.15. The minimum Gasteiger partial charge on any atom is -0.416 e. The summed E-state index contributed by atoms with van der Waals surface area (Å²) < 4.78 is 28.5. The molecule has 1 aliphatic rings. The summed E-state index contributed by atoms with van der Waals surface area (Å²) in [5.41, 5.74) is 2.93. The molecule has 0 radical (unpaired) electrons. The molecule has 134 valence electrons. The maximum atomic E-state index is 12.1. The fourth-order valence-corrected chi connectivity index (χ4v) is 4.94. The van der Waals surface area contributed by atoms with E-state index in [4.69, 9.17) is 4.42 Å². The molecule has 1 fully saturated rings. The van der Waals surface area contributed by atoms with Crippen molar-refractivity contribution in [2.45, 2.75) is 31.4 Å². The minimum atomic E-state index is -3.00. The van der Waals surface area contributed by atoms with Crippen molar-refractivity contribution >= 4 is 33.2 Å². The van der Waals surface area contributed by atoms with Crippen LogP contribution in [-0.4, -0.2) is 41.8 Å². The summed E-state index contributed by atoms with van der Waals surface area (Å²) >= 11 is 1.14. The first-order valence-electron chi connectivity index (χ1n) is 7.87. The average molecular weight is 381 g/mol. The molecule has 0 spiro atoms. The number of hydrogen-bond donors (Lipinski definition) is 1. The van der Waals surface area contributed by atoms with E-state index in [9.17, 15) is 13.2 Å². The lowest BCUT2D eigenvalue weighted by atomic mass is 10.1. The van der Waals surface area contributed by atoms with Crippen LogP contribution < -0.4 is 5.32 Å².